The van der Waals surface area contributed by atoms with Crippen LogP contribution in [0.15, 0.2) is 36.4 Å². The van der Waals surface area contributed by atoms with Gasteiger partial charge in [0.05, 0.1) is 0 Å². The number of hydrogen-bond acceptors (Lipinski definition) is 0. The Kier molecular flexibility index (Phi) is 4.04. The van der Waals surface area contributed by atoms with Gasteiger partial charge >= 0.3 is 0 Å². The van der Waals surface area contributed by atoms with Crippen molar-refractivity contribution in [3.8, 4) is 0 Å². The molecule has 0 aliphatic carbocycles. The number of hydrogen-bond donors (Lipinski definition) is 0. The Bertz CT molecular complexity index is 288. The Morgan fingerprint density at radius 2 is 1.54 bits per heavy atom. The first-order chi connectivity index (χ1) is 6.36. The summed E-state index contributed by atoms with van der Waals surface area (Å²) < 4.78 is 0. The second-order valence-corrected chi connectivity index (χ2v) is 2.98. The summed E-state index contributed by atoms with van der Waals surface area (Å²) >= 11 is 0. The third-order valence-corrected chi connectivity index (χ3v) is 1.84. The van der Waals surface area contributed by atoms with Gasteiger partial charge in [0.15, 0.2) is 0 Å². The zero-order valence-corrected chi connectivity index (χ0v) is 8.33. The monoisotopic (exact) mass is 172 g/mol. The lowest BCUT2D eigenvalue weighted by Crippen LogP contribution is -1.73. The van der Waals surface area contributed by atoms with Gasteiger partial charge in [-0.3, -0.25) is 0 Å². The van der Waals surface area contributed by atoms with Crippen LogP contribution in [0, 0.1) is 0 Å². The number of benzene rings is 1. The van der Waals surface area contributed by atoms with Crippen LogP contribution in [-0.2, 0) is 0 Å². The van der Waals surface area contributed by atoms with E-state index in [-0.39, 0.29) is 0 Å². The van der Waals surface area contributed by atoms with E-state index in [4.69, 9.17) is 0 Å². The summed E-state index contributed by atoms with van der Waals surface area (Å²) in [6.07, 6.45) is 9.57. The first kappa shape index (κ1) is 9.79. The van der Waals surface area contributed by atoms with Crippen molar-refractivity contribution >= 4 is 12.2 Å². The van der Waals surface area contributed by atoms with E-state index in [1.54, 1.807) is 0 Å². The molecule has 13 heavy (non-hydrogen) atoms. The highest BCUT2D eigenvalue weighted by atomic mass is 13.9. The van der Waals surface area contributed by atoms with Crippen molar-refractivity contribution in [1.82, 2.24) is 0 Å². The summed E-state index contributed by atoms with van der Waals surface area (Å²) in [5.74, 6) is 0. The van der Waals surface area contributed by atoms with Crippen molar-refractivity contribution < 1.29 is 0 Å². The molecule has 0 aliphatic rings. The molecule has 1 rings (SSSR count). The molecule has 0 unspecified atom stereocenters. The second kappa shape index (κ2) is 5.36. The van der Waals surface area contributed by atoms with Gasteiger partial charge in [0.1, 0.15) is 0 Å². The highest BCUT2D eigenvalue weighted by Gasteiger charge is 1.86. The minimum atomic E-state index is 1.09. The molecule has 0 amide bonds. The van der Waals surface area contributed by atoms with Gasteiger partial charge in [-0.1, -0.05) is 55.5 Å². The van der Waals surface area contributed by atoms with Gasteiger partial charge in [-0.25, -0.2) is 0 Å². The molecule has 0 fully saturated rings. The average Bonchev–Trinajstić information content (AvgIpc) is 2.17. The van der Waals surface area contributed by atoms with Crippen LogP contribution in [0.2, 0.25) is 0 Å². The Morgan fingerprint density at radius 1 is 1.00 bits per heavy atom. The summed E-state index contributed by atoms with van der Waals surface area (Å²) in [6.45, 7) is 4.18. The summed E-state index contributed by atoms with van der Waals surface area (Å²) in [5, 5.41) is 0. The molecular weight excluding hydrogens is 156 g/mol. The van der Waals surface area contributed by atoms with Gasteiger partial charge < -0.3 is 0 Å². The van der Waals surface area contributed by atoms with E-state index < -0.39 is 0 Å². The Labute approximate surface area is 80.6 Å². The van der Waals surface area contributed by atoms with Crippen molar-refractivity contribution in [1.29, 1.82) is 0 Å². The van der Waals surface area contributed by atoms with Gasteiger partial charge in [-0.2, -0.15) is 0 Å². The highest BCUT2D eigenvalue weighted by Crippen LogP contribution is 2.07. The van der Waals surface area contributed by atoms with Crippen molar-refractivity contribution in [3.05, 3.63) is 47.5 Å². The molecule has 1 aromatic rings. The largest absolute Gasteiger partial charge is 0.0871 e. The highest BCUT2D eigenvalue weighted by molar-refractivity contribution is 5.55. The standard InChI is InChI=1S/C13H16/c1-3-5-7-13-10-8-12(6-4-2)9-11-13/h4-11H,3H2,1-2H3/b6-4+,7-5+. The SMILES string of the molecule is C/C=C/c1ccc(/C=C/CC)cc1. The van der Waals surface area contributed by atoms with E-state index in [2.05, 4.69) is 55.5 Å². The van der Waals surface area contributed by atoms with E-state index in [9.17, 15) is 0 Å². The Morgan fingerprint density at radius 3 is 2.00 bits per heavy atom. The fourth-order valence-corrected chi connectivity index (χ4v) is 1.16. The molecule has 0 atom stereocenters. The zero-order valence-electron chi connectivity index (χ0n) is 8.33. The summed E-state index contributed by atoms with van der Waals surface area (Å²) in [7, 11) is 0. The molecule has 1 aromatic carbocycles. The average molecular weight is 172 g/mol. The molecule has 0 heteroatoms. The van der Waals surface area contributed by atoms with Crippen LogP contribution >= 0.6 is 0 Å². The first-order valence-corrected chi connectivity index (χ1v) is 4.76. The van der Waals surface area contributed by atoms with Crippen LogP contribution in [-0.4, -0.2) is 0 Å². The minimum Gasteiger partial charge on any atom is -0.0871 e. The van der Waals surface area contributed by atoms with E-state index in [0.717, 1.165) is 6.42 Å². The Hall–Kier alpha value is -1.30. The van der Waals surface area contributed by atoms with Gasteiger partial charge in [0.25, 0.3) is 0 Å². The molecule has 0 saturated heterocycles. The third kappa shape index (κ3) is 3.29. The fourth-order valence-electron chi connectivity index (χ4n) is 1.16. The Balaban J connectivity index is 2.75. The van der Waals surface area contributed by atoms with Crippen molar-refractivity contribution in [2.24, 2.45) is 0 Å². The van der Waals surface area contributed by atoms with Gasteiger partial charge in [-0.15, -0.1) is 0 Å². The summed E-state index contributed by atoms with van der Waals surface area (Å²) in [4.78, 5) is 0. The van der Waals surface area contributed by atoms with Crippen molar-refractivity contribution in [2.45, 2.75) is 20.3 Å². The van der Waals surface area contributed by atoms with Crippen LogP contribution in [0.5, 0.6) is 0 Å². The van der Waals surface area contributed by atoms with E-state index in [1.807, 2.05) is 6.92 Å². The lowest BCUT2D eigenvalue weighted by Gasteiger charge is -1.94. The number of allylic oxidation sites excluding steroid dienone is 2. The topological polar surface area (TPSA) is 0 Å². The van der Waals surface area contributed by atoms with Crippen LogP contribution in [0.3, 0.4) is 0 Å². The minimum absolute atomic E-state index is 1.09. The van der Waals surface area contributed by atoms with Gasteiger partial charge in [0, 0.05) is 0 Å². The molecule has 0 aromatic heterocycles. The second-order valence-electron chi connectivity index (χ2n) is 2.98. The molecule has 0 radical (unpaired) electrons. The lowest BCUT2D eigenvalue weighted by atomic mass is 10.1. The molecule has 0 spiro atoms. The fraction of sp³-hybridized carbons (Fsp3) is 0.231. The van der Waals surface area contributed by atoms with E-state index >= 15 is 0 Å². The van der Waals surface area contributed by atoms with Crippen molar-refractivity contribution in [2.75, 3.05) is 0 Å². The summed E-state index contributed by atoms with van der Waals surface area (Å²) in [6, 6.07) is 8.55. The van der Waals surface area contributed by atoms with Crippen LogP contribution in [0.1, 0.15) is 31.4 Å². The molecule has 0 heterocycles. The first-order valence-electron chi connectivity index (χ1n) is 4.76. The zero-order chi connectivity index (χ0) is 9.52. The molecule has 0 bridgehead atoms. The molecule has 68 valence electrons. The smallest absolute Gasteiger partial charge is 0.0259 e. The normalized spacial score (nSPS) is 11.5. The lowest BCUT2D eigenvalue weighted by molar-refractivity contribution is 1.23. The summed E-state index contributed by atoms with van der Waals surface area (Å²) in [5.41, 5.74) is 2.53. The van der Waals surface area contributed by atoms with Crippen LogP contribution < -0.4 is 0 Å². The molecule has 0 saturated carbocycles. The van der Waals surface area contributed by atoms with E-state index in [0.29, 0.717) is 0 Å². The van der Waals surface area contributed by atoms with Crippen LogP contribution in [0.25, 0.3) is 12.2 Å². The third-order valence-electron chi connectivity index (χ3n) is 1.84. The molecular formula is C13H16. The molecule has 0 nitrogen and oxygen atoms in total. The molecule has 0 N–H and O–H groups in total. The molecule has 0 aliphatic heterocycles. The maximum atomic E-state index is 2.17. The maximum Gasteiger partial charge on any atom is -0.0259 e. The predicted octanol–water partition coefficient (Wildman–Crippen LogP) is 4.14. The van der Waals surface area contributed by atoms with Crippen molar-refractivity contribution in [3.63, 3.8) is 0 Å². The van der Waals surface area contributed by atoms with Gasteiger partial charge in [0.2, 0.25) is 0 Å². The van der Waals surface area contributed by atoms with Crippen LogP contribution in [0.4, 0.5) is 0 Å². The predicted molar refractivity (Wildman–Crippen MR) is 60.5 cm³/mol. The number of rotatable bonds is 3. The maximum absolute atomic E-state index is 2.17. The quantitative estimate of drug-likeness (QED) is 0.642. The van der Waals surface area contributed by atoms with E-state index in [1.165, 1.54) is 11.1 Å². The van der Waals surface area contributed by atoms with Gasteiger partial charge in [-0.05, 0) is 24.5 Å².